The molecule has 4 atom stereocenters. The molecule has 20 nitrogen and oxygen atoms in total. The van der Waals surface area contributed by atoms with Crippen LogP contribution < -0.4 is 57.8 Å². The van der Waals surface area contributed by atoms with E-state index in [1.54, 1.807) is 14.2 Å². The van der Waals surface area contributed by atoms with Gasteiger partial charge in [0.25, 0.3) is 23.6 Å². The number of thiol groups is 2. The number of methoxy groups -OCH3 is 2. The van der Waals surface area contributed by atoms with Gasteiger partial charge in [-0.05, 0) is 319 Å². The Kier molecular flexibility index (Phi) is 29.0. The van der Waals surface area contributed by atoms with Gasteiger partial charge in [0, 0.05) is 129 Å². The average Bonchev–Trinajstić information content (AvgIpc) is 1.62. The largest absolute Gasteiger partial charge is 0.493 e. The van der Waals surface area contributed by atoms with Crippen LogP contribution in [-0.2, 0) is 96.7 Å². The number of ether oxygens (including phenoxy) is 10. The number of carbonyl (C=O) groups excluding carboxylic acids is 4. The lowest BCUT2D eigenvalue weighted by Gasteiger charge is -2.32. The lowest BCUT2D eigenvalue weighted by Crippen LogP contribution is -2.37. The van der Waals surface area contributed by atoms with E-state index >= 15 is 0 Å². The Hall–Kier alpha value is -11.0. The van der Waals surface area contributed by atoms with Crippen molar-refractivity contribution in [3.63, 3.8) is 0 Å². The standard InChI is InChI=1S/2C55H63N3O7S/c2*1-6-20-62-22-23-63-21-19-56(35-55(3,4)66)45-26-37(33-64-50-30-39-15-17-43-28-41-11-7-9-13-48(41)57(43)53(59)46(39)24-36(50)2)25-38(27-45)34-65-52-31-40-16-18-44-29-42-12-8-10-14-49(42)58(44)54(60)47(40)32-51(52)61-5/h2*7-14,24-27,30-32,43-44,66H,6,15-23,28-29,33-35H2,1-5H3/t2*43-,44-/m11/s1. The summed E-state index contributed by atoms with van der Waals surface area (Å²) in [5, 5.41) is 0. The van der Waals surface area contributed by atoms with E-state index in [1.165, 1.54) is 22.3 Å². The first kappa shape index (κ1) is 92.9. The van der Waals surface area contributed by atoms with Crippen molar-refractivity contribution in [1.29, 1.82) is 0 Å². The molecule has 0 fully saturated rings. The fourth-order valence-electron chi connectivity index (χ4n) is 20.5. The number of fused-ring (bicyclic) bond motifs is 16. The van der Waals surface area contributed by atoms with Crippen molar-refractivity contribution in [1.82, 2.24) is 0 Å². The van der Waals surface area contributed by atoms with Crippen molar-refractivity contribution in [2.75, 3.05) is 123 Å². The summed E-state index contributed by atoms with van der Waals surface area (Å²) in [7, 11) is 3.25. The minimum absolute atomic E-state index is 0.00624. The van der Waals surface area contributed by atoms with E-state index in [0.717, 1.165) is 215 Å². The van der Waals surface area contributed by atoms with E-state index in [2.05, 4.69) is 148 Å². The van der Waals surface area contributed by atoms with E-state index in [-0.39, 0.29) is 70.5 Å². The second kappa shape index (κ2) is 41.2. The van der Waals surface area contributed by atoms with E-state index < -0.39 is 0 Å². The predicted molar refractivity (Wildman–Crippen MR) is 529 cm³/mol. The lowest BCUT2D eigenvalue weighted by atomic mass is 9.98. The quantitative estimate of drug-likeness (QED) is 0.0279. The minimum atomic E-state index is -0.301. The molecule has 0 saturated heterocycles. The van der Waals surface area contributed by atoms with Crippen LogP contribution in [-0.4, -0.2) is 151 Å². The Morgan fingerprint density at radius 1 is 0.333 bits per heavy atom. The number of para-hydroxylation sites is 4. The van der Waals surface area contributed by atoms with Gasteiger partial charge >= 0.3 is 0 Å². The summed E-state index contributed by atoms with van der Waals surface area (Å²) in [5.74, 6) is 3.93. The van der Waals surface area contributed by atoms with Crippen LogP contribution in [0.5, 0.6) is 34.5 Å². The summed E-state index contributed by atoms with van der Waals surface area (Å²) in [6.45, 7) is 25.2. The number of benzene rings is 10. The summed E-state index contributed by atoms with van der Waals surface area (Å²) in [5.41, 5.74) is 23.5. The van der Waals surface area contributed by atoms with Gasteiger partial charge in [0.05, 0.1) is 53.9 Å². The third-order valence-electron chi connectivity index (χ3n) is 26.6. The first-order chi connectivity index (χ1) is 63.9. The van der Waals surface area contributed by atoms with Crippen LogP contribution >= 0.6 is 25.3 Å². The summed E-state index contributed by atoms with van der Waals surface area (Å²) in [6.07, 6.45) is 12.1. The Bertz CT molecular complexity index is 5530. The molecule has 8 heterocycles. The monoisotopic (exact) mass is 1820 g/mol. The third-order valence-corrected chi connectivity index (χ3v) is 26.9. The van der Waals surface area contributed by atoms with Gasteiger partial charge in [-0.25, -0.2) is 0 Å². The van der Waals surface area contributed by atoms with Gasteiger partial charge in [-0.3, -0.25) is 19.2 Å². The molecular weight excluding hydrogens is 1690 g/mol. The van der Waals surface area contributed by atoms with Gasteiger partial charge in [0.2, 0.25) is 0 Å². The Balaban J connectivity index is 0.000000184. The summed E-state index contributed by atoms with van der Waals surface area (Å²) < 4.78 is 61.3. The minimum Gasteiger partial charge on any atom is -0.493 e. The zero-order chi connectivity index (χ0) is 91.9. The number of rotatable bonds is 36. The smallest absolute Gasteiger partial charge is 0.258 e. The molecule has 132 heavy (non-hydrogen) atoms. The van der Waals surface area contributed by atoms with Gasteiger partial charge in [0.1, 0.15) is 37.9 Å². The van der Waals surface area contributed by atoms with Crippen molar-refractivity contribution in [3.8, 4) is 34.5 Å². The highest BCUT2D eigenvalue weighted by atomic mass is 32.1. The maximum atomic E-state index is 14.2. The van der Waals surface area contributed by atoms with Crippen LogP contribution in [0.4, 0.5) is 34.1 Å². The van der Waals surface area contributed by atoms with E-state index in [9.17, 15) is 19.2 Å². The average molecular weight is 1820 g/mol. The van der Waals surface area contributed by atoms with E-state index in [4.69, 9.17) is 72.6 Å². The summed E-state index contributed by atoms with van der Waals surface area (Å²) in [6, 6.07) is 62.4. The molecule has 0 N–H and O–H groups in total. The van der Waals surface area contributed by atoms with Gasteiger partial charge in [-0.1, -0.05) is 86.6 Å². The van der Waals surface area contributed by atoms with Crippen LogP contribution in [0, 0.1) is 13.8 Å². The number of hydrogen-bond acceptors (Lipinski definition) is 18. The summed E-state index contributed by atoms with van der Waals surface area (Å²) in [4.78, 5) is 69.2. The molecule has 0 bridgehead atoms. The van der Waals surface area contributed by atoms with Crippen LogP contribution in [0.2, 0.25) is 0 Å². The van der Waals surface area contributed by atoms with Crippen LogP contribution in [0.15, 0.2) is 182 Å². The Labute approximate surface area is 789 Å². The zero-order valence-corrected chi connectivity index (χ0v) is 79.9. The zero-order valence-electron chi connectivity index (χ0n) is 78.1. The number of amides is 4. The van der Waals surface area contributed by atoms with Gasteiger partial charge in [0.15, 0.2) is 23.0 Å². The normalized spacial score (nSPS) is 17.2. The Morgan fingerprint density at radius 3 is 0.894 bits per heavy atom. The lowest BCUT2D eigenvalue weighted by molar-refractivity contribution is 0.0505. The Morgan fingerprint density at radius 2 is 0.606 bits per heavy atom. The molecule has 692 valence electrons. The van der Waals surface area contributed by atoms with E-state index in [0.29, 0.717) is 113 Å². The molecule has 0 aliphatic carbocycles. The molecule has 0 unspecified atom stereocenters. The van der Waals surface area contributed by atoms with Gasteiger partial charge < -0.3 is 76.8 Å². The topological polar surface area (TPSA) is 180 Å². The van der Waals surface area contributed by atoms with Crippen molar-refractivity contribution >= 4 is 83.0 Å². The fourth-order valence-corrected chi connectivity index (χ4v) is 20.8. The van der Waals surface area contributed by atoms with Crippen molar-refractivity contribution in [3.05, 3.63) is 282 Å². The molecule has 0 radical (unpaired) electrons. The molecule has 10 aromatic rings. The molecule has 0 spiro atoms. The van der Waals surface area contributed by atoms with E-state index in [1.807, 2.05) is 118 Å². The second-order valence-corrected chi connectivity index (χ2v) is 40.2. The number of aryl methyl sites for hydroxylation is 6. The fraction of sp³-hybridized carbons (Fsp3) is 0.418. The van der Waals surface area contributed by atoms with Crippen molar-refractivity contribution in [2.24, 2.45) is 0 Å². The van der Waals surface area contributed by atoms with Crippen molar-refractivity contribution < 1.29 is 66.5 Å². The highest BCUT2D eigenvalue weighted by Gasteiger charge is 2.43. The molecule has 8 aliphatic rings. The molecule has 0 saturated carbocycles. The highest BCUT2D eigenvalue weighted by molar-refractivity contribution is 7.82. The summed E-state index contributed by atoms with van der Waals surface area (Å²) >= 11 is 9.93. The van der Waals surface area contributed by atoms with Crippen LogP contribution in [0.25, 0.3) is 0 Å². The predicted octanol–water partition coefficient (Wildman–Crippen LogP) is 20.3. The SMILES string of the molecule is CCCOCCOCCN(CC(C)(C)S)c1cc(COc2cc3c(cc2C)C(=O)N2c4ccccc4C[C@H]2CC3)cc(COc2cc3c(cc2OC)C(=O)N2c4ccccc4C[C@H]2CC3)c1.CCCOCCOCCN(CC(C)(C)S)c1cc(COc2cc3c(cc2C)C(=O)N2c4ccccc4C[C@H]2CC3)cc(COc2cc3c(cc2OC)C(=O)N2c4ccccc4C[C@H]2CC3)c1. The molecule has 0 aromatic heterocycles. The molecule has 18 rings (SSSR count). The first-order valence-corrected chi connectivity index (χ1v) is 48.2. The third kappa shape index (κ3) is 21.0. The van der Waals surface area contributed by atoms with Crippen molar-refractivity contribution in [2.45, 2.75) is 205 Å². The van der Waals surface area contributed by atoms with Crippen LogP contribution in [0.3, 0.4) is 0 Å². The molecule has 8 aliphatic heterocycles. The van der Waals surface area contributed by atoms with Gasteiger partial charge in [-0.2, -0.15) is 25.3 Å². The molecule has 10 aromatic carbocycles. The molecular formula is C110H126N6O14S2. The molecule has 22 heteroatoms. The number of anilines is 6. The van der Waals surface area contributed by atoms with Crippen LogP contribution in [0.1, 0.15) is 199 Å². The second-order valence-electron chi connectivity index (χ2n) is 37.8. The highest BCUT2D eigenvalue weighted by Crippen LogP contribution is 2.47. The van der Waals surface area contributed by atoms with Gasteiger partial charge in [-0.15, -0.1) is 0 Å². The maximum Gasteiger partial charge on any atom is 0.258 e. The first-order valence-electron chi connectivity index (χ1n) is 47.3. The molecule has 4 amide bonds. The number of nitrogens with zero attached hydrogens (tertiary/aromatic N) is 6. The maximum absolute atomic E-state index is 14.2. The number of carbonyl (C=O) groups is 4. The number of hydrogen-bond donors (Lipinski definition) is 2.